The van der Waals surface area contributed by atoms with Gasteiger partial charge >= 0.3 is 0 Å². The molecule has 0 N–H and O–H groups in total. The average Bonchev–Trinajstić information content (AvgIpc) is 2.92. The Morgan fingerprint density at radius 2 is 1.67 bits per heavy atom. The van der Waals surface area contributed by atoms with Crippen molar-refractivity contribution in [2.24, 2.45) is 0 Å². The van der Waals surface area contributed by atoms with Gasteiger partial charge in [-0.25, -0.2) is 0 Å². The van der Waals surface area contributed by atoms with Gasteiger partial charge in [0, 0.05) is 5.92 Å². The quantitative estimate of drug-likeness (QED) is 0.556. The van der Waals surface area contributed by atoms with Crippen molar-refractivity contribution in [3.63, 3.8) is 0 Å². The highest BCUT2D eigenvalue weighted by atomic mass is 14.2. The van der Waals surface area contributed by atoms with E-state index in [1.165, 1.54) is 62.5 Å². The Labute approximate surface area is 129 Å². The van der Waals surface area contributed by atoms with Gasteiger partial charge in [0.25, 0.3) is 0 Å². The maximum Gasteiger partial charge on any atom is 0.0240 e. The van der Waals surface area contributed by atoms with Crippen molar-refractivity contribution in [3.8, 4) is 0 Å². The Hall–Kier alpha value is -1.56. The van der Waals surface area contributed by atoms with E-state index in [1.807, 2.05) is 0 Å². The number of rotatable bonds is 1. The fourth-order valence-electron chi connectivity index (χ4n) is 3.50. The van der Waals surface area contributed by atoms with Crippen LogP contribution in [0.15, 0.2) is 54.1 Å². The molecule has 0 heteroatoms. The molecule has 0 spiro atoms. The Morgan fingerprint density at radius 1 is 0.857 bits per heavy atom. The molecule has 3 rings (SSSR count). The normalized spacial score (nSPS) is 23.0. The molecule has 21 heavy (non-hydrogen) atoms. The van der Waals surface area contributed by atoms with Crippen LogP contribution in [-0.2, 0) is 0 Å². The van der Waals surface area contributed by atoms with Crippen LogP contribution in [0.5, 0.6) is 0 Å². The van der Waals surface area contributed by atoms with E-state index in [4.69, 9.17) is 0 Å². The Kier molecular flexibility index (Phi) is 5.10. The summed E-state index contributed by atoms with van der Waals surface area (Å²) >= 11 is 0. The van der Waals surface area contributed by atoms with Gasteiger partial charge in [0.2, 0.25) is 0 Å². The third-order valence-corrected chi connectivity index (χ3v) is 4.73. The molecule has 0 aromatic heterocycles. The fourth-order valence-corrected chi connectivity index (χ4v) is 3.50. The first-order valence-corrected chi connectivity index (χ1v) is 8.58. The summed E-state index contributed by atoms with van der Waals surface area (Å²) in [5, 5.41) is 0. The summed E-state index contributed by atoms with van der Waals surface area (Å²) in [6.07, 6.45) is 22.5. The predicted molar refractivity (Wildman–Crippen MR) is 92.4 cm³/mol. The van der Waals surface area contributed by atoms with Crippen LogP contribution in [0, 0.1) is 0 Å². The topological polar surface area (TPSA) is 0 Å². The van der Waals surface area contributed by atoms with Crippen LogP contribution in [0.2, 0.25) is 0 Å². The molecule has 0 heterocycles. The molecular formula is C21H26. The summed E-state index contributed by atoms with van der Waals surface area (Å²) in [5.41, 5.74) is 4.48. The van der Waals surface area contributed by atoms with Crippen LogP contribution in [0.3, 0.4) is 0 Å². The molecule has 0 bridgehead atoms. The molecule has 1 aromatic carbocycles. The fraction of sp³-hybridized carbons (Fsp3) is 0.429. The van der Waals surface area contributed by atoms with Crippen molar-refractivity contribution in [2.45, 2.75) is 57.3 Å². The molecule has 0 radical (unpaired) electrons. The summed E-state index contributed by atoms with van der Waals surface area (Å²) in [6.45, 7) is 0. The first-order chi connectivity index (χ1) is 10.4. The molecule has 0 fully saturated rings. The van der Waals surface area contributed by atoms with Crippen LogP contribution in [0.4, 0.5) is 0 Å². The number of allylic oxidation sites excluding steroid dienone is 5. The lowest BCUT2D eigenvalue weighted by Gasteiger charge is -2.16. The first-order valence-electron chi connectivity index (χ1n) is 8.58. The van der Waals surface area contributed by atoms with Gasteiger partial charge in [-0.1, -0.05) is 85.9 Å². The molecule has 0 saturated heterocycles. The van der Waals surface area contributed by atoms with Crippen molar-refractivity contribution < 1.29 is 0 Å². The first kappa shape index (κ1) is 14.4. The molecular weight excluding hydrogens is 252 g/mol. The Balaban J connectivity index is 1.79. The van der Waals surface area contributed by atoms with Gasteiger partial charge in [-0.2, -0.15) is 0 Å². The summed E-state index contributed by atoms with van der Waals surface area (Å²) in [7, 11) is 0. The van der Waals surface area contributed by atoms with E-state index >= 15 is 0 Å². The zero-order chi connectivity index (χ0) is 14.3. The molecule has 0 saturated carbocycles. The second-order valence-electron chi connectivity index (χ2n) is 6.30. The Morgan fingerprint density at radius 3 is 2.62 bits per heavy atom. The second-order valence-corrected chi connectivity index (χ2v) is 6.30. The van der Waals surface area contributed by atoms with Gasteiger partial charge in [-0.3, -0.25) is 0 Å². The summed E-state index contributed by atoms with van der Waals surface area (Å²) in [5.74, 6) is 0.508. The van der Waals surface area contributed by atoms with Gasteiger partial charge in [-0.15, -0.1) is 0 Å². The van der Waals surface area contributed by atoms with Crippen LogP contribution >= 0.6 is 0 Å². The van der Waals surface area contributed by atoms with E-state index < -0.39 is 0 Å². The molecule has 1 aromatic rings. The lowest BCUT2D eigenvalue weighted by atomic mass is 9.88. The van der Waals surface area contributed by atoms with Gasteiger partial charge in [0.1, 0.15) is 0 Å². The van der Waals surface area contributed by atoms with Gasteiger partial charge in [0.15, 0.2) is 0 Å². The van der Waals surface area contributed by atoms with Crippen molar-refractivity contribution in [1.29, 1.82) is 0 Å². The molecule has 0 nitrogen and oxygen atoms in total. The van der Waals surface area contributed by atoms with E-state index in [-0.39, 0.29) is 0 Å². The van der Waals surface area contributed by atoms with Gasteiger partial charge < -0.3 is 0 Å². The molecule has 2 aliphatic rings. The minimum atomic E-state index is 0.508. The number of hydrogen-bond donors (Lipinski definition) is 0. The van der Waals surface area contributed by atoms with Crippen LogP contribution in [0.1, 0.15) is 68.4 Å². The molecule has 1 atom stereocenters. The average molecular weight is 278 g/mol. The zero-order valence-electron chi connectivity index (χ0n) is 12.9. The monoisotopic (exact) mass is 278 g/mol. The third kappa shape index (κ3) is 3.75. The Bertz CT molecular complexity index is 545. The number of fused-ring (bicyclic) bond motifs is 1. The SMILES string of the molecule is C1=CCCCCCCCCC(C2C=Cc3ccccc32)=C1. The number of benzene rings is 1. The summed E-state index contributed by atoms with van der Waals surface area (Å²) in [6, 6.07) is 8.84. The van der Waals surface area contributed by atoms with E-state index in [9.17, 15) is 0 Å². The van der Waals surface area contributed by atoms with Gasteiger partial charge in [-0.05, 0) is 36.8 Å². The van der Waals surface area contributed by atoms with Crippen molar-refractivity contribution in [1.82, 2.24) is 0 Å². The highest BCUT2D eigenvalue weighted by molar-refractivity contribution is 5.64. The van der Waals surface area contributed by atoms with Crippen LogP contribution in [-0.4, -0.2) is 0 Å². The second kappa shape index (κ2) is 7.45. The molecule has 2 aliphatic carbocycles. The lowest BCUT2D eigenvalue weighted by molar-refractivity contribution is 0.591. The molecule has 0 aliphatic heterocycles. The van der Waals surface area contributed by atoms with E-state index in [0.29, 0.717) is 5.92 Å². The largest absolute Gasteiger partial charge is 0.0845 e. The standard InChI is InChI=1S/C21H26/c1-2-4-6-8-12-18(13-9-7-5-3-1)21-17-16-19-14-10-11-15-20(19)21/h6,8,10-12,14-17,21H,1-5,7,9,13H2. The summed E-state index contributed by atoms with van der Waals surface area (Å²) < 4.78 is 0. The minimum Gasteiger partial charge on any atom is -0.0845 e. The van der Waals surface area contributed by atoms with E-state index in [2.05, 4.69) is 54.6 Å². The van der Waals surface area contributed by atoms with Crippen LogP contribution < -0.4 is 0 Å². The third-order valence-electron chi connectivity index (χ3n) is 4.73. The smallest absolute Gasteiger partial charge is 0.0240 e. The van der Waals surface area contributed by atoms with Crippen molar-refractivity contribution in [3.05, 3.63) is 65.3 Å². The van der Waals surface area contributed by atoms with Crippen molar-refractivity contribution in [2.75, 3.05) is 0 Å². The predicted octanol–water partition coefficient (Wildman–Crippen LogP) is 6.41. The molecule has 1 unspecified atom stereocenters. The highest BCUT2D eigenvalue weighted by Gasteiger charge is 2.19. The van der Waals surface area contributed by atoms with E-state index in [0.717, 1.165) is 0 Å². The minimum absolute atomic E-state index is 0.508. The van der Waals surface area contributed by atoms with E-state index in [1.54, 1.807) is 5.57 Å². The maximum atomic E-state index is 2.39. The molecule has 110 valence electrons. The van der Waals surface area contributed by atoms with Crippen molar-refractivity contribution >= 4 is 6.08 Å². The zero-order valence-corrected chi connectivity index (χ0v) is 12.9. The summed E-state index contributed by atoms with van der Waals surface area (Å²) in [4.78, 5) is 0. The highest BCUT2D eigenvalue weighted by Crippen LogP contribution is 2.37. The lowest BCUT2D eigenvalue weighted by Crippen LogP contribution is -1.99. The molecule has 0 amide bonds. The maximum absolute atomic E-state index is 2.39. The van der Waals surface area contributed by atoms with Gasteiger partial charge in [0.05, 0.1) is 0 Å². The van der Waals surface area contributed by atoms with Crippen LogP contribution in [0.25, 0.3) is 6.08 Å². The number of hydrogen-bond acceptors (Lipinski definition) is 0.